The lowest BCUT2D eigenvalue weighted by molar-refractivity contribution is -0.139. The van der Waals surface area contributed by atoms with Gasteiger partial charge in [-0.15, -0.1) is 11.8 Å². The van der Waals surface area contributed by atoms with Crippen LogP contribution in [0.1, 0.15) is 16.7 Å². The van der Waals surface area contributed by atoms with Crippen molar-refractivity contribution in [1.82, 2.24) is 10.2 Å². The number of halogens is 2. The number of amides is 2. The van der Waals surface area contributed by atoms with E-state index in [-0.39, 0.29) is 35.7 Å². The van der Waals surface area contributed by atoms with E-state index in [1.165, 1.54) is 41.9 Å². The smallest absolute Gasteiger partial charge is 0.242 e. The second kappa shape index (κ2) is 12.2. The Labute approximate surface area is 197 Å². The summed E-state index contributed by atoms with van der Waals surface area (Å²) in [5, 5.41) is 2.66. The molecule has 4 nitrogen and oxygen atoms in total. The predicted octanol–water partition coefficient (Wildman–Crippen LogP) is 4.58. The van der Waals surface area contributed by atoms with Gasteiger partial charge in [0, 0.05) is 25.8 Å². The van der Waals surface area contributed by atoms with Crippen LogP contribution in [-0.2, 0) is 28.3 Å². The number of rotatable bonds is 10. The van der Waals surface area contributed by atoms with Crippen LogP contribution >= 0.6 is 11.8 Å². The molecule has 1 atom stereocenters. The first-order valence-corrected chi connectivity index (χ1v) is 11.7. The molecule has 0 heterocycles. The molecule has 0 radical (unpaired) electrons. The lowest BCUT2D eigenvalue weighted by Gasteiger charge is -2.31. The van der Waals surface area contributed by atoms with E-state index >= 15 is 0 Å². The molecule has 0 saturated carbocycles. The molecule has 3 rings (SSSR count). The third kappa shape index (κ3) is 7.15. The topological polar surface area (TPSA) is 49.4 Å². The third-order valence-electron chi connectivity index (χ3n) is 5.22. The van der Waals surface area contributed by atoms with E-state index in [0.29, 0.717) is 23.3 Å². The Bertz CT molecular complexity index is 1060. The molecule has 0 bridgehead atoms. The summed E-state index contributed by atoms with van der Waals surface area (Å²) < 4.78 is 27.3. The molecule has 0 fully saturated rings. The molecule has 33 heavy (non-hydrogen) atoms. The quantitative estimate of drug-likeness (QED) is 0.474. The van der Waals surface area contributed by atoms with Crippen molar-refractivity contribution in [1.29, 1.82) is 0 Å². The number of carbonyl (C=O) groups excluding carboxylic acids is 2. The number of carbonyl (C=O) groups is 2. The molecular formula is C26H26F2N2O2S. The van der Waals surface area contributed by atoms with Crippen molar-refractivity contribution in [2.45, 2.75) is 24.8 Å². The number of hydrogen-bond donors (Lipinski definition) is 1. The number of nitrogens with zero attached hydrogens (tertiary/aromatic N) is 1. The van der Waals surface area contributed by atoms with E-state index < -0.39 is 6.04 Å². The van der Waals surface area contributed by atoms with Crippen LogP contribution in [0.25, 0.3) is 0 Å². The molecule has 3 aromatic carbocycles. The van der Waals surface area contributed by atoms with E-state index in [1.54, 1.807) is 30.3 Å². The summed E-state index contributed by atoms with van der Waals surface area (Å²) >= 11 is 1.29. The van der Waals surface area contributed by atoms with Crippen LogP contribution < -0.4 is 5.32 Å². The van der Waals surface area contributed by atoms with Gasteiger partial charge in [-0.3, -0.25) is 9.59 Å². The highest BCUT2D eigenvalue weighted by atomic mass is 32.2. The zero-order valence-electron chi connectivity index (χ0n) is 18.3. The van der Waals surface area contributed by atoms with Crippen LogP contribution in [-0.4, -0.2) is 35.6 Å². The highest BCUT2D eigenvalue weighted by Gasteiger charge is 2.29. The molecule has 3 aromatic rings. The van der Waals surface area contributed by atoms with Crippen molar-refractivity contribution in [2.24, 2.45) is 0 Å². The molecule has 1 N–H and O–H groups in total. The zero-order chi connectivity index (χ0) is 23.6. The average Bonchev–Trinajstić information content (AvgIpc) is 2.83. The van der Waals surface area contributed by atoms with Crippen LogP contribution in [0.3, 0.4) is 0 Å². The maximum absolute atomic E-state index is 13.9. The molecule has 0 aliphatic heterocycles. The maximum atomic E-state index is 13.9. The van der Waals surface area contributed by atoms with Crippen molar-refractivity contribution in [3.05, 3.63) is 107 Å². The summed E-state index contributed by atoms with van der Waals surface area (Å²) in [6.07, 6.45) is 0.339. The highest BCUT2D eigenvalue weighted by Crippen LogP contribution is 2.19. The first kappa shape index (κ1) is 24.5. The van der Waals surface area contributed by atoms with Gasteiger partial charge in [-0.1, -0.05) is 60.7 Å². The summed E-state index contributed by atoms with van der Waals surface area (Å²) in [5.41, 5.74) is 2.15. The SMILES string of the molecule is CNC(=O)C(Cc1ccccc1)N(Cc1ccc(F)cc1)C(=O)CSCc1ccccc1F. The van der Waals surface area contributed by atoms with Gasteiger partial charge in [-0.25, -0.2) is 8.78 Å². The van der Waals surface area contributed by atoms with Crippen LogP contribution in [0.5, 0.6) is 0 Å². The Morgan fingerprint density at radius 1 is 0.909 bits per heavy atom. The van der Waals surface area contributed by atoms with Crippen molar-refractivity contribution in [3.8, 4) is 0 Å². The third-order valence-corrected chi connectivity index (χ3v) is 6.19. The average molecular weight is 469 g/mol. The van der Waals surface area contributed by atoms with E-state index in [9.17, 15) is 18.4 Å². The minimum atomic E-state index is -0.746. The van der Waals surface area contributed by atoms with Gasteiger partial charge < -0.3 is 10.2 Å². The molecule has 2 amide bonds. The number of thioether (sulfide) groups is 1. The van der Waals surface area contributed by atoms with Gasteiger partial charge in [0.15, 0.2) is 0 Å². The fourth-order valence-corrected chi connectivity index (χ4v) is 4.35. The van der Waals surface area contributed by atoms with Gasteiger partial charge in [0.25, 0.3) is 0 Å². The van der Waals surface area contributed by atoms with E-state index in [1.807, 2.05) is 30.3 Å². The largest absolute Gasteiger partial charge is 0.357 e. The minimum absolute atomic E-state index is 0.0812. The molecule has 0 aromatic heterocycles. The number of hydrogen-bond acceptors (Lipinski definition) is 3. The molecule has 0 spiro atoms. The van der Waals surface area contributed by atoms with Crippen LogP contribution in [0, 0.1) is 11.6 Å². The van der Waals surface area contributed by atoms with E-state index in [2.05, 4.69) is 5.32 Å². The molecule has 1 unspecified atom stereocenters. The fourth-order valence-electron chi connectivity index (χ4n) is 3.45. The minimum Gasteiger partial charge on any atom is -0.357 e. The van der Waals surface area contributed by atoms with Gasteiger partial charge in [0.1, 0.15) is 17.7 Å². The van der Waals surface area contributed by atoms with Gasteiger partial charge in [-0.05, 0) is 34.9 Å². The summed E-state index contributed by atoms with van der Waals surface area (Å²) in [6, 6.07) is 21.0. The maximum Gasteiger partial charge on any atom is 0.242 e. The number of likely N-dealkylation sites (N-methyl/N-ethyl adjacent to an activating group) is 1. The van der Waals surface area contributed by atoms with Gasteiger partial charge >= 0.3 is 0 Å². The first-order chi connectivity index (χ1) is 16.0. The Morgan fingerprint density at radius 3 is 2.24 bits per heavy atom. The lowest BCUT2D eigenvalue weighted by Crippen LogP contribution is -2.50. The second-order valence-corrected chi connectivity index (χ2v) is 8.54. The van der Waals surface area contributed by atoms with Gasteiger partial charge in [0.2, 0.25) is 11.8 Å². The van der Waals surface area contributed by atoms with Crippen LogP contribution in [0.2, 0.25) is 0 Å². The van der Waals surface area contributed by atoms with Crippen molar-refractivity contribution < 1.29 is 18.4 Å². The lowest BCUT2D eigenvalue weighted by atomic mass is 10.0. The fraction of sp³-hybridized carbons (Fsp3) is 0.231. The van der Waals surface area contributed by atoms with Crippen molar-refractivity contribution in [2.75, 3.05) is 12.8 Å². The van der Waals surface area contributed by atoms with Crippen molar-refractivity contribution in [3.63, 3.8) is 0 Å². The summed E-state index contributed by atoms with van der Waals surface area (Å²) in [5.74, 6) is -0.792. The summed E-state index contributed by atoms with van der Waals surface area (Å²) in [7, 11) is 1.54. The van der Waals surface area contributed by atoms with Crippen molar-refractivity contribution >= 4 is 23.6 Å². The molecular weight excluding hydrogens is 442 g/mol. The first-order valence-electron chi connectivity index (χ1n) is 10.6. The van der Waals surface area contributed by atoms with Gasteiger partial charge in [0.05, 0.1) is 5.75 Å². The Kier molecular flexibility index (Phi) is 9.01. The monoisotopic (exact) mass is 468 g/mol. The summed E-state index contributed by atoms with van der Waals surface area (Å²) in [6.45, 7) is 0.157. The van der Waals surface area contributed by atoms with Gasteiger partial charge in [-0.2, -0.15) is 0 Å². The highest BCUT2D eigenvalue weighted by molar-refractivity contribution is 7.99. The van der Waals surface area contributed by atoms with Crippen LogP contribution in [0.15, 0.2) is 78.9 Å². The Hall–Kier alpha value is -3.19. The molecule has 7 heteroatoms. The number of nitrogens with one attached hydrogen (secondary N) is 1. The van der Waals surface area contributed by atoms with Crippen LogP contribution in [0.4, 0.5) is 8.78 Å². The molecule has 0 aliphatic rings. The van der Waals surface area contributed by atoms with E-state index in [0.717, 1.165) is 5.56 Å². The zero-order valence-corrected chi connectivity index (χ0v) is 19.2. The molecule has 0 saturated heterocycles. The molecule has 172 valence electrons. The Balaban J connectivity index is 1.80. The number of benzene rings is 3. The predicted molar refractivity (Wildman–Crippen MR) is 128 cm³/mol. The normalized spacial score (nSPS) is 11.6. The Morgan fingerprint density at radius 2 is 1.58 bits per heavy atom. The van der Waals surface area contributed by atoms with E-state index in [4.69, 9.17) is 0 Å². The standard InChI is InChI=1S/C26H26F2N2O2S/c1-29-26(32)24(15-19-7-3-2-4-8-19)30(16-20-11-13-22(27)14-12-20)25(31)18-33-17-21-9-5-6-10-23(21)28/h2-14,24H,15-18H2,1H3,(H,29,32). The molecule has 0 aliphatic carbocycles. The summed E-state index contributed by atoms with van der Waals surface area (Å²) in [4.78, 5) is 27.6. The second-order valence-electron chi connectivity index (χ2n) is 7.55.